The van der Waals surface area contributed by atoms with E-state index in [4.69, 9.17) is 0 Å². The van der Waals surface area contributed by atoms with E-state index in [-0.39, 0.29) is 30.7 Å². The van der Waals surface area contributed by atoms with Gasteiger partial charge in [0.2, 0.25) is 11.0 Å². The van der Waals surface area contributed by atoms with E-state index < -0.39 is 0 Å². The van der Waals surface area contributed by atoms with E-state index in [9.17, 15) is 14.4 Å². The number of aromatic nitrogens is 2. The molecule has 140 valence electrons. The fourth-order valence-electron chi connectivity index (χ4n) is 3.37. The molecule has 4 rings (SSSR count). The maximum absolute atomic E-state index is 12.5. The first-order chi connectivity index (χ1) is 13.0. The summed E-state index contributed by atoms with van der Waals surface area (Å²) in [6.45, 7) is 4.63. The molecule has 0 atom stereocenters. The van der Waals surface area contributed by atoms with E-state index in [1.165, 1.54) is 4.90 Å². The van der Waals surface area contributed by atoms with E-state index in [1.54, 1.807) is 40.5 Å². The van der Waals surface area contributed by atoms with Crippen molar-refractivity contribution >= 4 is 34.2 Å². The summed E-state index contributed by atoms with van der Waals surface area (Å²) in [5.41, 5.74) is 0.826. The number of imide groups is 1. The Hall–Kier alpha value is -2.81. The van der Waals surface area contributed by atoms with Crippen LogP contribution in [-0.2, 0) is 4.79 Å². The highest BCUT2D eigenvalue weighted by Crippen LogP contribution is 2.23. The van der Waals surface area contributed by atoms with Gasteiger partial charge in [0.1, 0.15) is 5.01 Å². The lowest BCUT2D eigenvalue weighted by Crippen LogP contribution is -2.49. The zero-order chi connectivity index (χ0) is 19.0. The van der Waals surface area contributed by atoms with Crippen LogP contribution < -0.4 is 4.90 Å². The van der Waals surface area contributed by atoms with Gasteiger partial charge in [-0.2, -0.15) is 0 Å². The number of benzene rings is 1. The molecule has 1 aromatic heterocycles. The molecule has 2 aromatic rings. The Kier molecular flexibility index (Phi) is 4.61. The number of hydrogen-bond donors (Lipinski definition) is 0. The number of amides is 3. The third kappa shape index (κ3) is 3.30. The van der Waals surface area contributed by atoms with Gasteiger partial charge in [-0.1, -0.05) is 23.5 Å². The monoisotopic (exact) mass is 385 g/mol. The van der Waals surface area contributed by atoms with Crippen molar-refractivity contribution in [2.24, 2.45) is 0 Å². The number of carbonyl (C=O) groups excluding carboxylic acids is 3. The van der Waals surface area contributed by atoms with Crippen LogP contribution in [0.2, 0.25) is 0 Å². The van der Waals surface area contributed by atoms with Gasteiger partial charge in [0.25, 0.3) is 11.8 Å². The van der Waals surface area contributed by atoms with Gasteiger partial charge in [-0.05, 0) is 19.1 Å². The second-order valence-corrected chi connectivity index (χ2v) is 7.69. The van der Waals surface area contributed by atoms with Crippen molar-refractivity contribution in [2.75, 3.05) is 37.6 Å². The largest absolute Gasteiger partial charge is 0.343 e. The third-order valence-electron chi connectivity index (χ3n) is 4.85. The summed E-state index contributed by atoms with van der Waals surface area (Å²) in [6.07, 6.45) is 0.142. The van der Waals surface area contributed by atoms with Crippen molar-refractivity contribution in [3.05, 3.63) is 40.4 Å². The first-order valence-corrected chi connectivity index (χ1v) is 9.64. The molecule has 1 saturated heterocycles. The van der Waals surface area contributed by atoms with Crippen LogP contribution in [0.25, 0.3) is 0 Å². The Morgan fingerprint density at radius 3 is 2.22 bits per heavy atom. The van der Waals surface area contributed by atoms with E-state index in [2.05, 4.69) is 15.1 Å². The second-order valence-electron chi connectivity index (χ2n) is 6.53. The first kappa shape index (κ1) is 17.6. The molecule has 2 aliphatic heterocycles. The average molecular weight is 385 g/mol. The molecule has 27 heavy (non-hydrogen) atoms. The molecule has 1 fully saturated rings. The number of aryl methyl sites for hydroxylation is 1. The van der Waals surface area contributed by atoms with Crippen molar-refractivity contribution < 1.29 is 14.4 Å². The van der Waals surface area contributed by atoms with E-state index >= 15 is 0 Å². The molecule has 0 radical (unpaired) electrons. The number of nitrogens with zero attached hydrogens (tertiary/aromatic N) is 5. The van der Waals surface area contributed by atoms with Gasteiger partial charge < -0.3 is 9.80 Å². The predicted molar refractivity (Wildman–Crippen MR) is 99.9 cm³/mol. The van der Waals surface area contributed by atoms with Crippen LogP contribution in [0.4, 0.5) is 5.13 Å². The molecular formula is C18H19N5O3S. The average Bonchev–Trinajstić information content (AvgIpc) is 3.23. The molecule has 0 N–H and O–H groups in total. The smallest absolute Gasteiger partial charge is 0.261 e. The number of anilines is 1. The summed E-state index contributed by atoms with van der Waals surface area (Å²) in [4.78, 5) is 42.3. The van der Waals surface area contributed by atoms with E-state index in [0.29, 0.717) is 37.3 Å². The maximum Gasteiger partial charge on any atom is 0.261 e. The highest BCUT2D eigenvalue weighted by molar-refractivity contribution is 7.15. The van der Waals surface area contributed by atoms with Gasteiger partial charge in [0.15, 0.2) is 0 Å². The maximum atomic E-state index is 12.5. The quantitative estimate of drug-likeness (QED) is 0.735. The van der Waals surface area contributed by atoms with Crippen LogP contribution in [0.1, 0.15) is 32.1 Å². The summed E-state index contributed by atoms with van der Waals surface area (Å²) in [5, 5.41) is 9.97. The number of hydrogen-bond acceptors (Lipinski definition) is 7. The second kappa shape index (κ2) is 7.07. The lowest BCUT2D eigenvalue weighted by atomic mass is 10.1. The number of rotatable bonds is 4. The molecule has 0 bridgehead atoms. The summed E-state index contributed by atoms with van der Waals surface area (Å²) in [5.74, 6) is -0.681. The van der Waals surface area contributed by atoms with Crippen LogP contribution in [0, 0.1) is 6.92 Å². The fraction of sp³-hybridized carbons (Fsp3) is 0.389. The van der Waals surface area contributed by atoms with Gasteiger partial charge in [-0.3, -0.25) is 19.3 Å². The zero-order valence-electron chi connectivity index (χ0n) is 14.9. The third-order valence-corrected chi connectivity index (χ3v) is 5.75. The number of piperazine rings is 1. The predicted octanol–water partition coefficient (Wildman–Crippen LogP) is 1.18. The van der Waals surface area contributed by atoms with Crippen molar-refractivity contribution in [3.63, 3.8) is 0 Å². The van der Waals surface area contributed by atoms with E-state index in [0.717, 1.165) is 10.1 Å². The van der Waals surface area contributed by atoms with Crippen molar-refractivity contribution in [3.8, 4) is 0 Å². The zero-order valence-corrected chi connectivity index (χ0v) is 15.7. The topological polar surface area (TPSA) is 86.7 Å². The van der Waals surface area contributed by atoms with Crippen LogP contribution in [-0.4, -0.2) is 70.4 Å². The van der Waals surface area contributed by atoms with Gasteiger partial charge in [0.05, 0.1) is 11.1 Å². The molecular weight excluding hydrogens is 366 g/mol. The van der Waals surface area contributed by atoms with Gasteiger partial charge in [0, 0.05) is 39.1 Å². The molecule has 1 aromatic carbocycles. The minimum atomic E-state index is -0.320. The standard InChI is InChI=1S/C18H19N5O3S/c1-12-19-20-18(27-12)22-10-8-21(9-11-22)15(24)6-7-23-16(25)13-4-2-3-5-14(13)17(23)26/h2-5H,6-11H2,1H3. The fourth-order valence-corrected chi connectivity index (χ4v) is 4.11. The van der Waals surface area contributed by atoms with Crippen molar-refractivity contribution in [1.82, 2.24) is 20.0 Å². The summed E-state index contributed by atoms with van der Waals surface area (Å²) >= 11 is 1.54. The molecule has 3 heterocycles. The highest BCUT2D eigenvalue weighted by Gasteiger charge is 2.35. The van der Waals surface area contributed by atoms with Crippen LogP contribution >= 0.6 is 11.3 Å². The Bertz CT molecular complexity index is 869. The number of fused-ring (bicyclic) bond motifs is 1. The minimum absolute atomic E-state index is 0.0420. The Balaban J connectivity index is 1.31. The van der Waals surface area contributed by atoms with Gasteiger partial charge in [-0.25, -0.2) is 0 Å². The molecule has 0 saturated carbocycles. The molecule has 3 amide bonds. The van der Waals surface area contributed by atoms with Crippen LogP contribution in [0.3, 0.4) is 0 Å². The van der Waals surface area contributed by atoms with E-state index in [1.807, 2.05) is 6.92 Å². The normalized spacial score (nSPS) is 16.9. The molecule has 0 aliphatic carbocycles. The number of carbonyl (C=O) groups is 3. The van der Waals surface area contributed by atoms with Crippen LogP contribution in [0.15, 0.2) is 24.3 Å². The minimum Gasteiger partial charge on any atom is -0.343 e. The van der Waals surface area contributed by atoms with Crippen LogP contribution in [0.5, 0.6) is 0 Å². The van der Waals surface area contributed by atoms with Gasteiger partial charge in [-0.15, -0.1) is 10.2 Å². The first-order valence-electron chi connectivity index (χ1n) is 8.82. The summed E-state index contributed by atoms with van der Waals surface area (Å²) < 4.78 is 0. The molecule has 8 nitrogen and oxygen atoms in total. The molecule has 9 heteroatoms. The molecule has 2 aliphatic rings. The highest BCUT2D eigenvalue weighted by atomic mass is 32.1. The summed E-state index contributed by atoms with van der Waals surface area (Å²) in [6, 6.07) is 6.76. The Morgan fingerprint density at radius 2 is 1.67 bits per heavy atom. The molecule has 0 unspecified atom stereocenters. The Labute approximate surface area is 160 Å². The Morgan fingerprint density at radius 1 is 1.04 bits per heavy atom. The SMILES string of the molecule is Cc1nnc(N2CCN(C(=O)CCN3C(=O)c4ccccc4C3=O)CC2)s1. The lowest BCUT2D eigenvalue weighted by Gasteiger charge is -2.34. The molecule has 0 spiro atoms. The lowest BCUT2D eigenvalue weighted by molar-refractivity contribution is -0.131. The summed E-state index contributed by atoms with van der Waals surface area (Å²) in [7, 11) is 0. The van der Waals surface area contributed by atoms with Crippen molar-refractivity contribution in [1.29, 1.82) is 0 Å². The van der Waals surface area contributed by atoms with Gasteiger partial charge >= 0.3 is 0 Å². The van der Waals surface area contributed by atoms with Crippen molar-refractivity contribution in [2.45, 2.75) is 13.3 Å².